The first-order valence-electron chi connectivity index (χ1n) is 8.25. The number of nitrogens with one attached hydrogen (secondary N) is 2. The van der Waals surface area contributed by atoms with E-state index < -0.39 is 16.1 Å². The Morgan fingerprint density at radius 1 is 1.11 bits per heavy atom. The van der Waals surface area contributed by atoms with Crippen LogP contribution in [0.15, 0.2) is 35.2 Å². The van der Waals surface area contributed by atoms with Gasteiger partial charge in [-0.3, -0.25) is 0 Å². The predicted molar refractivity (Wildman–Crippen MR) is 106 cm³/mol. The number of amides is 2. The lowest BCUT2D eigenvalue weighted by atomic mass is 10.2. The fourth-order valence-corrected chi connectivity index (χ4v) is 3.69. The van der Waals surface area contributed by atoms with Crippen molar-refractivity contribution in [3.8, 4) is 11.8 Å². The normalized spacial score (nSPS) is 11.0. The van der Waals surface area contributed by atoms with Gasteiger partial charge in [0, 0.05) is 12.3 Å². The van der Waals surface area contributed by atoms with Crippen LogP contribution in [0.3, 0.4) is 0 Å². The lowest BCUT2D eigenvalue weighted by molar-refractivity contribution is 0.246. The number of sulfonamides is 1. The van der Waals surface area contributed by atoms with Gasteiger partial charge in [-0.05, 0) is 19.1 Å². The molecule has 2 aromatic rings. The van der Waals surface area contributed by atoms with Gasteiger partial charge in [0.25, 0.3) is 10.0 Å². The Morgan fingerprint density at radius 3 is 2.29 bits per heavy atom. The molecule has 0 atom stereocenters. The first-order valence-corrected chi connectivity index (χ1v) is 10.9. The Balaban J connectivity index is 1.76. The van der Waals surface area contributed by atoms with Crippen LogP contribution < -0.4 is 19.5 Å². The van der Waals surface area contributed by atoms with Gasteiger partial charge in [0.05, 0.1) is 30.9 Å². The summed E-state index contributed by atoms with van der Waals surface area (Å²) in [6.07, 6.45) is 0. The van der Waals surface area contributed by atoms with E-state index in [1.165, 1.54) is 38.1 Å². The summed E-state index contributed by atoms with van der Waals surface area (Å²) in [5.41, 5.74) is 0.929. The molecule has 0 spiro atoms. The third kappa shape index (κ3) is 6.57. The van der Waals surface area contributed by atoms with Crippen molar-refractivity contribution in [2.24, 2.45) is 0 Å². The van der Waals surface area contributed by atoms with E-state index >= 15 is 0 Å². The zero-order valence-electron chi connectivity index (χ0n) is 15.8. The van der Waals surface area contributed by atoms with E-state index in [2.05, 4.69) is 15.3 Å². The lowest BCUT2D eigenvalue weighted by Crippen LogP contribution is -2.40. The maximum Gasteiger partial charge on any atom is 0.328 e. The van der Waals surface area contributed by atoms with Crippen LogP contribution >= 0.6 is 11.8 Å². The Morgan fingerprint density at radius 2 is 1.71 bits per heavy atom. The molecule has 0 saturated carbocycles. The van der Waals surface area contributed by atoms with Crippen molar-refractivity contribution in [2.45, 2.75) is 17.6 Å². The number of urea groups is 1. The maximum atomic E-state index is 12.1. The quantitative estimate of drug-likeness (QED) is 0.582. The smallest absolute Gasteiger partial charge is 0.328 e. The molecule has 0 aliphatic rings. The fraction of sp³-hybridized carbons (Fsp3) is 0.353. The van der Waals surface area contributed by atoms with Crippen molar-refractivity contribution in [3.63, 3.8) is 0 Å². The molecule has 2 N–H and O–H groups in total. The number of thioether (sulfide) groups is 1. The molecule has 1 aromatic carbocycles. The summed E-state index contributed by atoms with van der Waals surface area (Å²) in [6, 6.07) is 7.03. The Hall–Kier alpha value is -2.53. The average molecular weight is 427 g/mol. The molecular weight excluding hydrogens is 404 g/mol. The summed E-state index contributed by atoms with van der Waals surface area (Å²) in [5.74, 6) is 2.37. The van der Waals surface area contributed by atoms with Gasteiger partial charge in [0.2, 0.25) is 11.8 Å². The summed E-state index contributed by atoms with van der Waals surface area (Å²) in [5, 5.41) is 2.51. The van der Waals surface area contributed by atoms with Gasteiger partial charge in [-0.25, -0.2) is 17.9 Å². The Kier molecular flexibility index (Phi) is 7.88. The van der Waals surface area contributed by atoms with E-state index in [-0.39, 0.29) is 11.4 Å². The molecule has 0 aliphatic heterocycles. The van der Waals surface area contributed by atoms with Gasteiger partial charge in [-0.1, -0.05) is 17.7 Å². The van der Waals surface area contributed by atoms with Crippen molar-refractivity contribution in [1.29, 1.82) is 0 Å². The SMILES string of the molecule is COc1cc(OC)nc(CSCCNC(=O)NS(=O)(=O)c2ccc(C)cc2)n1. The van der Waals surface area contributed by atoms with Crippen molar-refractivity contribution in [3.05, 3.63) is 41.7 Å². The second-order valence-electron chi connectivity index (χ2n) is 5.60. The average Bonchev–Trinajstić information content (AvgIpc) is 2.67. The minimum absolute atomic E-state index is 0.0340. The summed E-state index contributed by atoms with van der Waals surface area (Å²) < 4.78 is 36.4. The second-order valence-corrected chi connectivity index (χ2v) is 8.38. The monoisotopic (exact) mass is 426 g/mol. The minimum Gasteiger partial charge on any atom is -0.481 e. The summed E-state index contributed by atoms with van der Waals surface area (Å²) in [4.78, 5) is 20.3. The summed E-state index contributed by atoms with van der Waals surface area (Å²) in [7, 11) is -0.882. The van der Waals surface area contributed by atoms with Crippen LogP contribution in [0.4, 0.5) is 4.79 Å². The van der Waals surface area contributed by atoms with E-state index in [1.54, 1.807) is 18.2 Å². The molecule has 11 heteroatoms. The highest BCUT2D eigenvalue weighted by molar-refractivity contribution is 7.98. The molecule has 0 bridgehead atoms. The van der Waals surface area contributed by atoms with Crippen molar-refractivity contribution < 1.29 is 22.7 Å². The molecule has 0 aliphatic carbocycles. The van der Waals surface area contributed by atoms with Gasteiger partial charge in [0.15, 0.2) is 0 Å². The predicted octanol–water partition coefficient (Wildman–Crippen LogP) is 1.72. The Bertz CT molecular complexity index is 882. The third-order valence-corrected chi connectivity index (χ3v) is 5.77. The van der Waals surface area contributed by atoms with Gasteiger partial charge >= 0.3 is 6.03 Å². The zero-order chi connectivity index (χ0) is 20.6. The summed E-state index contributed by atoms with van der Waals surface area (Å²) >= 11 is 1.47. The highest BCUT2D eigenvalue weighted by atomic mass is 32.2. The summed E-state index contributed by atoms with van der Waals surface area (Å²) in [6.45, 7) is 2.13. The number of hydrogen-bond donors (Lipinski definition) is 2. The van der Waals surface area contributed by atoms with Crippen LogP contribution in [0.1, 0.15) is 11.4 Å². The molecule has 9 nitrogen and oxygen atoms in total. The zero-order valence-corrected chi connectivity index (χ0v) is 17.4. The highest BCUT2D eigenvalue weighted by Crippen LogP contribution is 2.17. The number of hydrogen-bond acceptors (Lipinski definition) is 8. The van der Waals surface area contributed by atoms with Crippen LogP contribution in [0.25, 0.3) is 0 Å². The number of aryl methyl sites for hydroxylation is 1. The molecule has 1 heterocycles. The van der Waals surface area contributed by atoms with E-state index in [1.807, 2.05) is 11.6 Å². The number of aromatic nitrogens is 2. The molecule has 0 saturated heterocycles. The van der Waals surface area contributed by atoms with Crippen LogP contribution in [-0.2, 0) is 15.8 Å². The molecule has 28 heavy (non-hydrogen) atoms. The third-order valence-electron chi connectivity index (χ3n) is 3.47. The number of benzene rings is 1. The molecule has 2 amide bonds. The standard InChI is InChI=1S/C17H22N4O5S2/c1-12-4-6-13(7-5-12)28(23,24)21-17(22)18-8-9-27-11-14-19-15(25-2)10-16(20-14)26-3/h4-7,10H,8-9,11H2,1-3H3,(H2,18,21,22). The van der Waals surface area contributed by atoms with E-state index in [4.69, 9.17) is 9.47 Å². The molecule has 1 aromatic heterocycles. The van der Waals surface area contributed by atoms with Gasteiger partial charge in [-0.15, -0.1) is 0 Å². The number of carbonyl (C=O) groups excluding carboxylic acids is 1. The van der Waals surface area contributed by atoms with Crippen LogP contribution in [0.2, 0.25) is 0 Å². The molecule has 2 rings (SSSR count). The largest absolute Gasteiger partial charge is 0.481 e. The number of methoxy groups -OCH3 is 2. The van der Waals surface area contributed by atoms with Crippen molar-refractivity contribution in [2.75, 3.05) is 26.5 Å². The second kappa shape index (κ2) is 10.1. The topological polar surface area (TPSA) is 120 Å². The molecule has 152 valence electrons. The number of carbonyl (C=O) groups is 1. The molecule has 0 fully saturated rings. The van der Waals surface area contributed by atoms with E-state index in [9.17, 15) is 13.2 Å². The number of rotatable bonds is 9. The molecule has 0 unspecified atom stereocenters. The maximum absolute atomic E-state index is 12.1. The van der Waals surface area contributed by atoms with Crippen molar-refractivity contribution >= 4 is 27.8 Å². The van der Waals surface area contributed by atoms with Crippen molar-refractivity contribution in [1.82, 2.24) is 20.0 Å². The van der Waals surface area contributed by atoms with Crippen LogP contribution in [0, 0.1) is 6.92 Å². The fourth-order valence-electron chi connectivity index (χ4n) is 2.06. The Labute approximate surface area is 168 Å². The molecule has 0 radical (unpaired) electrons. The van der Waals surface area contributed by atoms with Gasteiger partial charge < -0.3 is 14.8 Å². The first-order chi connectivity index (χ1) is 13.3. The number of ether oxygens (including phenoxy) is 2. The van der Waals surface area contributed by atoms with E-state index in [0.29, 0.717) is 29.1 Å². The number of nitrogens with zero attached hydrogens (tertiary/aromatic N) is 2. The van der Waals surface area contributed by atoms with Gasteiger partial charge in [-0.2, -0.15) is 21.7 Å². The first kappa shape index (κ1) is 21.8. The van der Waals surface area contributed by atoms with Crippen LogP contribution in [-0.4, -0.2) is 50.9 Å². The van der Waals surface area contributed by atoms with E-state index in [0.717, 1.165) is 5.56 Å². The lowest BCUT2D eigenvalue weighted by Gasteiger charge is -2.09. The van der Waals surface area contributed by atoms with Crippen LogP contribution in [0.5, 0.6) is 11.8 Å². The highest BCUT2D eigenvalue weighted by Gasteiger charge is 2.16. The van der Waals surface area contributed by atoms with Gasteiger partial charge in [0.1, 0.15) is 5.82 Å². The minimum atomic E-state index is -3.89. The molecular formula is C17H22N4O5S2.